The van der Waals surface area contributed by atoms with E-state index in [-0.39, 0.29) is 0 Å². The monoisotopic (exact) mass is 199 g/mol. The third kappa shape index (κ3) is 2.48. The van der Waals surface area contributed by atoms with Crippen LogP contribution in [-0.2, 0) is 4.74 Å². The molecule has 84 valence electrons. The standard InChI is InChI=1S/C12H25NO/c1-3-12(4-2,7-8-13)11-5-9-14-10-6-11/h11H,3-10,13H2,1-2H3. The minimum atomic E-state index is 0.499. The maximum Gasteiger partial charge on any atom is 0.0468 e. The Labute approximate surface area is 88.2 Å². The third-order valence-electron chi connectivity index (χ3n) is 4.14. The van der Waals surface area contributed by atoms with Crippen LogP contribution >= 0.6 is 0 Å². The molecule has 0 bridgehead atoms. The highest BCUT2D eigenvalue weighted by Crippen LogP contribution is 2.43. The van der Waals surface area contributed by atoms with Gasteiger partial charge in [0, 0.05) is 13.2 Å². The predicted molar refractivity (Wildman–Crippen MR) is 60.2 cm³/mol. The van der Waals surface area contributed by atoms with E-state index in [2.05, 4.69) is 13.8 Å². The Balaban J connectivity index is 2.62. The second-order valence-electron chi connectivity index (χ2n) is 4.49. The highest BCUT2D eigenvalue weighted by molar-refractivity contribution is 4.86. The van der Waals surface area contributed by atoms with Gasteiger partial charge >= 0.3 is 0 Å². The summed E-state index contributed by atoms with van der Waals surface area (Å²) < 4.78 is 5.43. The zero-order valence-corrected chi connectivity index (χ0v) is 9.72. The van der Waals surface area contributed by atoms with E-state index >= 15 is 0 Å². The topological polar surface area (TPSA) is 35.2 Å². The van der Waals surface area contributed by atoms with E-state index in [4.69, 9.17) is 10.5 Å². The van der Waals surface area contributed by atoms with Crippen molar-refractivity contribution in [2.45, 2.75) is 46.0 Å². The summed E-state index contributed by atoms with van der Waals surface area (Å²) in [5.74, 6) is 0.842. The van der Waals surface area contributed by atoms with Crippen molar-refractivity contribution in [3.8, 4) is 0 Å². The molecular weight excluding hydrogens is 174 g/mol. The molecular formula is C12H25NO. The molecule has 2 heteroatoms. The van der Waals surface area contributed by atoms with Gasteiger partial charge in [0.2, 0.25) is 0 Å². The van der Waals surface area contributed by atoms with E-state index < -0.39 is 0 Å². The quantitative estimate of drug-likeness (QED) is 0.738. The van der Waals surface area contributed by atoms with Crippen molar-refractivity contribution in [1.29, 1.82) is 0 Å². The average molecular weight is 199 g/mol. The van der Waals surface area contributed by atoms with E-state index in [0.29, 0.717) is 5.41 Å². The minimum absolute atomic E-state index is 0.499. The van der Waals surface area contributed by atoms with Crippen LogP contribution in [0.25, 0.3) is 0 Å². The summed E-state index contributed by atoms with van der Waals surface area (Å²) >= 11 is 0. The molecule has 0 aromatic carbocycles. The fourth-order valence-corrected chi connectivity index (χ4v) is 2.98. The number of hydrogen-bond acceptors (Lipinski definition) is 2. The van der Waals surface area contributed by atoms with Crippen LogP contribution in [0.5, 0.6) is 0 Å². The summed E-state index contributed by atoms with van der Waals surface area (Å²) in [6.07, 6.45) is 6.20. The van der Waals surface area contributed by atoms with E-state index in [0.717, 1.165) is 25.7 Å². The smallest absolute Gasteiger partial charge is 0.0468 e. The molecule has 0 atom stereocenters. The summed E-state index contributed by atoms with van der Waals surface area (Å²) in [7, 11) is 0. The molecule has 0 aliphatic carbocycles. The molecule has 0 radical (unpaired) electrons. The van der Waals surface area contributed by atoms with Gasteiger partial charge in [-0.15, -0.1) is 0 Å². The first-order chi connectivity index (χ1) is 6.79. The lowest BCUT2D eigenvalue weighted by Gasteiger charge is -2.41. The average Bonchev–Trinajstić information content (AvgIpc) is 2.27. The van der Waals surface area contributed by atoms with Gasteiger partial charge in [-0.2, -0.15) is 0 Å². The van der Waals surface area contributed by atoms with Gasteiger partial charge < -0.3 is 10.5 Å². The first-order valence-electron chi connectivity index (χ1n) is 6.07. The number of nitrogens with two attached hydrogens (primary N) is 1. The molecule has 2 nitrogen and oxygen atoms in total. The van der Waals surface area contributed by atoms with E-state index in [9.17, 15) is 0 Å². The summed E-state index contributed by atoms with van der Waals surface area (Å²) in [6, 6.07) is 0. The lowest BCUT2D eigenvalue weighted by Crippen LogP contribution is -2.35. The first kappa shape index (κ1) is 12.0. The van der Waals surface area contributed by atoms with Gasteiger partial charge in [-0.25, -0.2) is 0 Å². The summed E-state index contributed by atoms with van der Waals surface area (Å²) in [5.41, 5.74) is 6.24. The van der Waals surface area contributed by atoms with E-state index in [1.54, 1.807) is 0 Å². The molecule has 0 spiro atoms. The molecule has 1 heterocycles. The van der Waals surface area contributed by atoms with Gasteiger partial charge in [0.15, 0.2) is 0 Å². The molecule has 14 heavy (non-hydrogen) atoms. The van der Waals surface area contributed by atoms with Gasteiger partial charge in [-0.1, -0.05) is 26.7 Å². The Morgan fingerprint density at radius 2 is 1.79 bits per heavy atom. The normalized spacial score (nSPS) is 19.9. The van der Waals surface area contributed by atoms with Crippen LogP contribution < -0.4 is 5.73 Å². The molecule has 1 rings (SSSR count). The summed E-state index contributed by atoms with van der Waals surface area (Å²) in [4.78, 5) is 0. The number of hydrogen-bond donors (Lipinski definition) is 1. The lowest BCUT2D eigenvalue weighted by atomic mass is 9.66. The molecule has 2 N–H and O–H groups in total. The third-order valence-corrected chi connectivity index (χ3v) is 4.14. The van der Waals surface area contributed by atoms with Gasteiger partial charge in [-0.05, 0) is 37.1 Å². The molecule has 0 aromatic rings. The molecule has 1 saturated heterocycles. The highest BCUT2D eigenvalue weighted by Gasteiger charge is 2.35. The van der Waals surface area contributed by atoms with E-state index in [1.165, 1.54) is 32.1 Å². The van der Waals surface area contributed by atoms with Crippen LogP contribution in [0.2, 0.25) is 0 Å². The molecule has 1 aliphatic heterocycles. The van der Waals surface area contributed by atoms with Crippen molar-refractivity contribution < 1.29 is 4.74 Å². The molecule has 0 amide bonds. The molecule has 0 unspecified atom stereocenters. The van der Waals surface area contributed by atoms with Crippen molar-refractivity contribution in [3.63, 3.8) is 0 Å². The Bertz CT molecular complexity index is 148. The summed E-state index contributed by atoms with van der Waals surface area (Å²) in [5, 5.41) is 0. The van der Waals surface area contributed by atoms with Crippen molar-refractivity contribution in [2.75, 3.05) is 19.8 Å². The highest BCUT2D eigenvalue weighted by atomic mass is 16.5. The lowest BCUT2D eigenvalue weighted by molar-refractivity contribution is 0.00216. The van der Waals surface area contributed by atoms with Crippen molar-refractivity contribution in [1.82, 2.24) is 0 Å². The maximum atomic E-state index is 5.74. The van der Waals surface area contributed by atoms with Gasteiger partial charge in [0.1, 0.15) is 0 Å². The van der Waals surface area contributed by atoms with Crippen LogP contribution in [0.3, 0.4) is 0 Å². The Morgan fingerprint density at radius 1 is 1.21 bits per heavy atom. The minimum Gasteiger partial charge on any atom is -0.381 e. The fraction of sp³-hybridized carbons (Fsp3) is 1.00. The van der Waals surface area contributed by atoms with Crippen molar-refractivity contribution >= 4 is 0 Å². The van der Waals surface area contributed by atoms with Crippen LogP contribution in [-0.4, -0.2) is 19.8 Å². The largest absolute Gasteiger partial charge is 0.381 e. The number of ether oxygens (including phenoxy) is 1. The fourth-order valence-electron chi connectivity index (χ4n) is 2.98. The Kier molecular flexibility index (Phi) is 4.90. The maximum absolute atomic E-state index is 5.74. The second kappa shape index (κ2) is 5.72. The second-order valence-corrected chi connectivity index (χ2v) is 4.49. The van der Waals surface area contributed by atoms with Crippen molar-refractivity contribution in [2.24, 2.45) is 17.1 Å². The summed E-state index contributed by atoms with van der Waals surface area (Å²) in [6.45, 7) is 7.37. The van der Waals surface area contributed by atoms with Crippen LogP contribution in [0.4, 0.5) is 0 Å². The molecule has 0 aromatic heterocycles. The molecule has 1 fully saturated rings. The Hall–Kier alpha value is -0.0800. The zero-order valence-electron chi connectivity index (χ0n) is 9.72. The zero-order chi connectivity index (χ0) is 10.4. The first-order valence-corrected chi connectivity index (χ1v) is 6.07. The van der Waals surface area contributed by atoms with Gasteiger partial charge in [0.05, 0.1) is 0 Å². The number of rotatable bonds is 5. The van der Waals surface area contributed by atoms with Crippen LogP contribution in [0.1, 0.15) is 46.0 Å². The molecule has 0 saturated carbocycles. The van der Waals surface area contributed by atoms with Gasteiger partial charge in [-0.3, -0.25) is 0 Å². The predicted octanol–water partition coefficient (Wildman–Crippen LogP) is 2.57. The SMILES string of the molecule is CCC(CC)(CCN)C1CCOCC1. The van der Waals surface area contributed by atoms with E-state index in [1.807, 2.05) is 0 Å². The molecule has 1 aliphatic rings. The Morgan fingerprint density at radius 3 is 2.21 bits per heavy atom. The van der Waals surface area contributed by atoms with Crippen LogP contribution in [0.15, 0.2) is 0 Å². The van der Waals surface area contributed by atoms with Crippen LogP contribution in [0, 0.1) is 11.3 Å². The van der Waals surface area contributed by atoms with Gasteiger partial charge in [0.25, 0.3) is 0 Å². The van der Waals surface area contributed by atoms with Crippen molar-refractivity contribution in [3.05, 3.63) is 0 Å².